The number of nitrogens with two attached hydrogens (primary N) is 1. The summed E-state index contributed by atoms with van der Waals surface area (Å²) in [6.07, 6.45) is -7.22. The van der Waals surface area contributed by atoms with E-state index in [-0.39, 0.29) is 6.42 Å². The Balaban J connectivity index is 2.71. The van der Waals surface area contributed by atoms with E-state index in [0.717, 1.165) is 5.56 Å². The van der Waals surface area contributed by atoms with Crippen molar-refractivity contribution in [1.82, 2.24) is 5.32 Å². The summed E-state index contributed by atoms with van der Waals surface area (Å²) in [4.78, 5) is 12.0. The molecule has 0 aliphatic carbocycles. The molecule has 124 valence electrons. The lowest BCUT2D eigenvalue weighted by atomic mass is 9.97. The number of halogens is 3. The topological polar surface area (TPSA) is 75.4 Å². The monoisotopic (exact) mass is 318 g/mol. The van der Waals surface area contributed by atoms with Crippen LogP contribution >= 0.6 is 0 Å². The fourth-order valence-corrected chi connectivity index (χ4v) is 2.05. The van der Waals surface area contributed by atoms with Crippen LogP contribution in [0.1, 0.15) is 19.4 Å². The molecular weight excluding hydrogens is 297 g/mol. The van der Waals surface area contributed by atoms with Gasteiger partial charge in [-0.3, -0.25) is 4.79 Å². The molecule has 4 nitrogen and oxygen atoms in total. The molecule has 0 fully saturated rings. The average Bonchev–Trinajstić information content (AvgIpc) is 2.43. The maximum Gasteiger partial charge on any atom is 0.416 e. The van der Waals surface area contributed by atoms with E-state index in [1.165, 1.54) is 13.8 Å². The lowest BCUT2D eigenvalue weighted by Gasteiger charge is -2.29. The summed E-state index contributed by atoms with van der Waals surface area (Å²) in [5, 5.41) is 11.6. The Morgan fingerprint density at radius 3 is 2.27 bits per heavy atom. The second-order valence-corrected chi connectivity index (χ2v) is 5.56. The van der Waals surface area contributed by atoms with E-state index in [2.05, 4.69) is 5.32 Å². The third-order valence-electron chi connectivity index (χ3n) is 3.34. The van der Waals surface area contributed by atoms with Gasteiger partial charge in [0.1, 0.15) is 0 Å². The number of hydrogen-bond donors (Lipinski definition) is 3. The Morgan fingerprint density at radius 1 is 1.27 bits per heavy atom. The lowest BCUT2D eigenvalue weighted by molar-refractivity contribution is -0.215. The van der Waals surface area contributed by atoms with Gasteiger partial charge in [-0.05, 0) is 17.9 Å². The summed E-state index contributed by atoms with van der Waals surface area (Å²) in [6, 6.07) is 6.51. The minimum Gasteiger partial charge on any atom is -0.382 e. The Labute approximate surface area is 127 Å². The van der Waals surface area contributed by atoms with Gasteiger partial charge < -0.3 is 16.2 Å². The molecule has 1 amide bonds. The van der Waals surface area contributed by atoms with Gasteiger partial charge >= 0.3 is 6.18 Å². The van der Waals surface area contributed by atoms with Crippen molar-refractivity contribution in [3.63, 3.8) is 0 Å². The highest BCUT2D eigenvalue weighted by atomic mass is 19.4. The molecule has 7 heteroatoms. The highest BCUT2D eigenvalue weighted by molar-refractivity contribution is 5.82. The molecule has 3 atom stereocenters. The largest absolute Gasteiger partial charge is 0.416 e. The maximum atomic E-state index is 12.6. The van der Waals surface area contributed by atoms with E-state index >= 15 is 0 Å². The second kappa shape index (κ2) is 7.60. The van der Waals surface area contributed by atoms with Gasteiger partial charge in [-0.1, -0.05) is 44.2 Å². The number of carbonyl (C=O) groups excluding carboxylic acids is 1. The van der Waals surface area contributed by atoms with Gasteiger partial charge in [0.2, 0.25) is 5.91 Å². The van der Waals surface area contributed by atoms with Crippen LogP contribution in [0.15, 0.2) is 30.3 Å². The van der Waals surface area contributed by atoms with Crippen LogP contribution < -0.4 is 11.1 Å². The zero-order valence-electron chi connectivity index (χ0n) is 12.5. The molecular formula is C15H21F3N2O2. The fourth-order valence-electron chi connectivity index (χ4n) is 2.05. The third-order valence-corrected chi connectivity index (χ3v) is 3.34. The van der Waals surface area contributed by atoms with Gasteiger partial charge in [-0.15, -0.1) is 0 Å². The quantitative estimate of drug-likeness (QED) is 0.746. The summed E-state index contributed by atoms with van der Waals surface area (Å²) in [5.41, 5.74) is 6.54. The summed E-state index contributed by atoms with van der Waals surface area (Å²) in [7, 11) is 0. The average molecular weight is 318 g/mol. The van der Waals surface area contributed by atoms with E-state index in [1.807, 2.05) is 6.07 Å². The number of aliphatic hydroxyl groups is 1. The first-order chi connectivity index (χ1) is 10.1. The number of nitrogens with one attached hydrogen (secondary N) is 1. The van der Waals surface area contributed by atoms with Crippen molar-refractivity contribution in [2.45, 2.75) is 44.6 Å². The second-order valence-electron chi connectivity index (χ2n) is 5.56. The molecule has 0 aliphatic rings. The zero-order chi connectivity index (χ0) is 16.9. The van der Waals surface area contributed by atoms with E-state index in [9.17, 15) is 23.1 Å². The van der Waals surface area contributed by atoms with Crippen LogP contribution in [-0.2, 0) is 11.2 Å². The minimum atomic E-state index is -4.80. The van der Waals surface area contributed by atoms with Crippen LogP contribution in [0.4, 0.5) is 13.2 Å². The number of rotatable bonds is 6. The number of aliphatic hydroxyl groups excluding tert-OH is 1. The number of alkyl halides is 3. The first kappa shape index (κ1) is 18.4. The van der Waals surface area contributed by atoms with Crippen molar-refractivity contribution in [3.8, 4) is 0 Å². The highest BCUT2D eigenvalue weighted by Gasteiger charge is 2.45. The predicted octanol–water partition coefficient (Wildman–Crippen LogP) is 1.62. The molecule has 1 rings (SSSR count). The summed E-state index contributed by atoms with van der Waals surface area (Å²) in [5.74, 6) is -1.31. The van der Waals surface area contributed by atoms with Crippen LogP contribution in [0.25, 0.3) is 0 Å². The first-order valence-electron chi connectivity index (χ1n) is 6.97. The van der Waals surface area contributed by atoms with Crippen LogP contribution in [-0.4, -0.2) is 35.4 Å². The molecule has 1 aromatic carbocycles. The minimum absolute atomic E-state index is 0.208. The van der Waals surface area contributed by atoms with Gasteiger partial charge in [-0.25, -0.2) is 0 Å². The molecule has 4 N–H and O–H groups in total. The summed E-state index contributed by atoms with van der Waals surface area (Å²) < 4.78 is 37.9. The molecule has 22 heavy (non-hydrogen) atoms. The molecule has 0 radical (unpaired) electrons. The molecule has 0 heterocycles. The lowest BCUT2D eigenvalue weighted by Crippen LogP contribution is -2.56. The van der Waals surface area contributed by atoms with E-state index in [0.29, 0.717) is 0 Å². The smallest absolute Gasteiger partial charge is 0.382 e. The van der Waals surface area contributed by atoms with Gasteiger partial charge in [0.25, 0.3) is 0 Å². The molecule has 3 unspecified atom stereocenters. The Morgan fingerprint density at radius 2 is 1.82 bits per heavy atom. The standard InChI is InChI=1S/C15H21F3N2O2/c1-9(2)12(13(21)15(16,17)18)20-14(22)11(19)8-10-6-4-3-5-7-10/h3-7,9,11-13,21H,8,19H2,1-2H3,(H,20,22). The highest BCUT2D eigenvalue weighted by Crippen LogP contribution is 2.25. The Kier molecular flexibility index (Phi) is 6.37. The Hall–Kier alpha value is -1.60. The molecule has 0 aromatic heterocycles. The van der Waals surface area contributed by atoms with Crippen LogP contribution in [0.5, 0.6) is 0 Å². The van der Waals surface area contributed by atoms with Crippen LogP contribution in [0.3, 0.4) is 0 Å². The molecule has 0 saturated carbocycles. The Bertz CT molecular complexity index is 477. The van der Waals surface area contributed by atoms with Gasteiger partial charge in [-0.2, -0.15) is 13.2 Å². The molecule has 0 spiro atoms. The van der Waals surface area contributed by atoms with Crippen LogP contribution in [0, 0.1) is 5.92 Å². The molecule has 0 saturated heterocycles. The third kappa shape index (κ3) is 5.31. The number of benzene rings is 1. The normalized spacial score (nSPS) is 16.2. The zero-order valence-corrected chi connectivity index (χ0v) is 12.5. The van der Waals surface area contributed by atoms with Crippen molar-refractivity contribution in [3.05, 3.63) is 35.9 Å². The van der Waals surface area contributed by atoms with Crippen molar-refractivity contribution in [1.29, 1.82) is 0 Å². The SMILES string of the molecule is CC(C)C(NC(=O)C(N)Cc1ccccc1)C(O)C(F)(F)F. The van der Waals surface area contributed by atoms with Crippen LogP contribution in [0.2, 0.25) is 0 Å². The number of carbonyl (C=O) groups is 1. The molecule has 1 aromatic rings. The summed E-state index contributed by atoms with van der Waals surface area (Å²) >= 11 is 0. The number of hydrogen-bond acceptors (Lipinski definition) is 3. The van der Waals surface area contributed by atoms with E-state index in [1.54, 1.807) is 24.3 Å². The molecule has 0 aliphatic heterocycles. The predicted molar refractivity (Wildman–Crippen MR) is 77.0 cm³/mol. The van der Waals surface area contributed by atoms with Gasteiger partial charge in [0.15, 0.2) is 6.10 Å². The first-order valence-corrected chi connectivity index (χ1v) is 6.97. The van der Waals surface area contributed by atoms with E-state index in [4.69, 9.17) is 5.73 Å². The van der Waals surface area contributed by atoms with Crippen molar-refractivity contribution in [2.75, 3.05) is 0 Å². The van der Waals surface area contributed by atoms with Gasteiger partial charge in [0.05, 0.1) is 12.1 Å². The van der Waals surface area contributed by atoms with Gasteiger partial charge in [0, 0.05) is 0 Å². The van der Waals surface area contributed by atoms with Crippen molar-refractivity contribution >= 4 is 5.91 Å². The van der Waals surface area contributed by atoms with Crippen molar-refractivity contribution < 1.29 is 23.1 Å². The van der Waals surface area contributed by atoms with E-state index < -0.39 is 36.2 Å². The number of amides is 1. The van der Waals surface area contributed by atoms with Crippen molar-refractivity contribution in [2.24, 2.45) is 11.7 Å². The molecule has 0 bridgehead atoms. The maximum absolute atomic E-state index is 12.6. The fraction of sp³-hybridized carbons (Fsp3) is 0.533. The summed E-state index contributed by atoms with van der Waals surface area (Å²) in [6.45, 7) is 2.98.